The molecule has 0 saturated carbocycles. The van der Waals surface area contributed by atoms with Crippen LogP contribution in [-0.4, -0.2) is 106 Å². The number of aliphatic carboxylic acids is 2. The van der Waals surface area contributed by atoms with Crippen LogP contribution in [0, 0.1) is 5.92 Å². The number of carboxylic acids is 2. The van der Waals surface area contributed by atoms with Crippen molar-refractivity contribution in [3.8, 4) is 11.3 Å². The molecular weight excluding hydrogens is 786 g/mol. The zero-order chi connectivity index (χ0) is 40.1. The van der Waals surface area contributed by atoms with E-state index in [-0.39, 0.29) is 17.7 Å². The first-order valence-electron chi connectivity index (χ1n) is 16.7. The second kappa shape index (κ2) is 20.7. The number of carbonyl (C=O) groups is 4. The fourth-order valence-electron chi connectivity index (χ4n) is 5.57. The van der Waals surface area contributed by atoms with Crippen LogP contribution in [0.3, 0.4) is 0 Å². The zero-order valence-electron chi connectivity index (χ0n) is 29.0. The number of hydrogen-bond donors (Lipinski definition) is 2. The summed E-state index contributed by atoms with van der Waals surface area (Å²) in [4.78, 5) is 54.3. The Morgan fingerprint density at radius 3 is 1.98 bits per heavy atom. The van der Waals surface area contributed by atoms with Gasteiger partial charge in [0, 0.05) is 59.4 Å². The SMILES string of the molecule is CC(=O)N1CCC(C(=O)N(CCCN2CCC(Sc3nc(-c4ccccc4)cs3)CC2)c2cccc(Cl)c2)CC1.O=C(O)C(F)(F)F.O=C(O)C(F)(F)F. The molecule has 5 rings (SSSR count). The highest BCUT2D eigenvalue weighted by atomic mass is 35.5. The molecule has 2 N–H and O–H groups in total. The minimum Gasteiger partial charge on any atom is -0.475 e. The number of thiazole rings is 1. The number of carbonyl (C=O) groups excluding carboxylic acids is 2. The molecule has 0 radical (unpaired) electrons. The topological polar surface area (TPSA) is 131 Å². The summed E-state index contributed by atoms with van der Waals surface area (Å²) >= 11 is 9.96. The molecule has 2 saturated heterocycles. The lowest BCUT2D eigenvalue weighted by atomic mass is 9.94. The maximum atomic E-state index is 13.6. The monoisotopic (exact) mass is 824 g/mol. The quantitative estimate of drug-likeness (QED) is 0.206. The summed E-state index contributed by atoms with van der Waals surface area (Å²) in [5.41, 5.74) is 3.10. The van der Waals surface area contributed by atoms with E-state index in [1.54, 1.807) is 18.3 Å². The van der Waals surface area contributed by atoms with E-state index in [9.17, 15) is 35.9 Å². The first kappa shape index (κ1) is 44.5. The normalized spacial score (nSPS) is 15.7. The van der Waals surface area contributed by atoms with Gasteiger partial charge in [0.2, 0.25) is 11.8 Å². The molecule has 1 aromatic heterocycles. The minimum absolute atomic E-state index is 0.0596. The number of carboxylic acid groups (broad SMARTS) is 2. The molecule has 0 aliphatic carbocycles. The molecule has 3 aromatic rings. The van der Waals surface area contributed by atoms with Crippen molar-refractivity contribution in [2.75, 3.05) is 44.2 Å². The lowest BCUT2D eigenvalue weighted by Crippen LogP contribution is -2.45. The number of aromatic nitrogens is 1. The number of anilines is 1. The van der Waals surface area contributed by atoms with Crippen molar-refractivity contribution in [2.24, 2.45) is 5.92 Å². The van der Waals surface area contributed by atoms with Gasteiger partial charge in [-0.15, -0.1) is 11.3 Å². The number of likely N-dealkylation sites (tertiary alicyclic amines) is 2. The smallest absolute Gasteiger partial charge is 0.475 e. The van der Waals surface area contributed by atoms with Gasteiger partial charge in [0.15, 0.2) is 4.34 Å². The third kappa shape index (κ3) is 14.8. The molecule has 3 heterocycles. The number of nitrogens with zero attached hydrogens (tertiary/aromatic N) is 4. The molecule has 19 heteroatoms. The highest BCUT2D eigenvalue weighted by molar-refractivity contribution is 8.01. The number of alkyl halides is 6. The summed E-state index contributed by atoms with van der Waals surface area (Å²) in [6.07, 6.45) is -5.53. The molecule has 2 fully saturated rings. The summed E-state index contributed by atoms with van der Waals surface area (Å²) in [5, 5.41) is 17.6. The molecule has 0 unspecified atom stereocenters. The fourth-order valence-corrected chi connectivity index (χ4v) is 7.97. The van der Waals surface area contributed by atoms with Crippen molar-refractivity contribution in [1.82, 2.24) is 14.8 Å². The zero-order valence-corrected chi connectivity index (χ0v) is 31.4. The van der Waals surface area contributed by atoms with Gasteiger partial charge in [0.25, 0.3) is 0 Å². The minimum atomic E-state index is -5.08. The predicted octanol–water partition coefficient (Wildman–Crippen LogP) is 7.97. The van der Waals surface area contributed by atoms with Crippen molar-refractivity contribution in [3.63, 3.8) is 0 Å². The van der Waals surface area contributed by atoms with Gasteiger partial charge in [-0.1, -0.05) is 59.8 Å². The van der Waals surface area contributed by atoms with E-state index in [2.05, 4.69) is 34.5 Å². The molecule has 0 bridgehead atoms. The number of rotatable bonds is 9. The van der Waals surface area contributed by atoms with Crippen LogP contribution < -0.4 is 4.90 Å². The Kier molecular flexibility index (Phi) is 17.1. The highest BCUT2D eigenvalue weighted by Crippen LogP contribution is 2.35. The second-order valence-corrected chi connectivity index (χ2v) is 15.1. The molecule has 54 heavy (non-hydrogen) atoms. The number of benzene rings is 2. The summed E-state index contributed by atoms with van der Waals surface area (Å²) in [6.45, 7) is 6.69. The molecule has 2 aromatic carbocycles. The van der Waals surface area contributed by atoms with E-state index >= 15 is 0 Å². The average molecular weight is 825 g/mol. The number of thioether (sulfide) groups is 1. The van der Waals surface area contributed by atoms with Gasteiger partial charge in [-0.05, 0) is 69.9 Å². The van der Waals surface area contributed by atoms with E-state index in [0.717, 1.165) is 54.6 Å². The van der Waals surface area contributed by atoms with Crippen LogP contribution in [-0.2, 0) is 19.2 Å². The van der Waals surface area contributed by atoms with Crippen LogP contribution in [0.25, 0.3) is 11.3 Å². The van der Waals surface area contributed by atoms with E-state index in [1.165, 1.54) is 5.56 Å². The lowest BCUT2D eigenvalue weighted by molar-refractivity contribution is -0.193. The number of halogens is 7. The van der Waals surface area contributed by atoms with Crippen LogP contribution in [0.2, 0.25) is 5.02 Å². The van der Waals surface area contributed by atoms with Gasteiger partial charge in [0.1, 0.15) is 0 Å². The predicted molar refractivity (Wildman–Crippen MR) is 194 cm³/mol. The van der Waals surface area contributed by atoms with E-state index in [0.29, 0.717) is 42.7 Å². The maximum Gasteiger partial charge on any atom is 0.490 e. The summed E-state index contributed by atoms with van der Waals surface area (Å²) < 4.78 is 64.6. The summed E-state index contributed by atoms with van der Waals surface area (Å²) in [7, 11) is 0. The maximum absolute atomic E-state index is 13.6. The largest absolute Gasteiger partial charge is 0.490 e. The molecular formula is C35H39ClF6N4O6S2. The fraction of sp³-hybridized carbons (Fsp3) is 0.457. The molecule has 0 spiro atoms. The summed E-state index contributed by atoms with van der Waals surface area (Å²) in [5.74, 6) is -5.34. The van der Waals surface area contributed by atoms with Crippen LogP contribution in [0.1, 0.15) is 39.0 Å². The Morgan fingerprint density at radius 2 is 1.46 bits per heavy atom. The Morgan fingerprint density at radius 1 is 0.889 bits per heavy atom. The van der Waals surface area contributed by atoms with Crippen LogP contribution >= 0.6 is 34.7 Å². The van der Waals surface area contributed by atoms with Crippen molar-refractivity contribution < 1.29 is 55.7 Å². The van der Waals surface area contributed by atoms with Crippen molar-refractivity contribution in [2.45, 2.75) is 61.0 Å². The third-order valence-corrected chi connectivity index (χ3v) is 10.9. The van der Waals surface area contributed by atoms with Gasteiger partial charge in [-0.3, -0.25) is 9.59 Å². The number of amides is 2. The molecule has 10 nitrogen and oxygen atoms in total. The Bertz CT molecular complexity index is 1660. The molecule has 2 aliphatic heterocycles. The van der Waals surface area contributed by atoms with Crippen LogP contribution in [0.4, 0.5) is 32.0 Å². The van der Waals surface area contributed by atoms with Gasteiger partial charge in [-0.2, -0.15) is 26.3 Å². The second-order valence-electron chi connectivity index (χ2n) is 12.2. The average Bonchev–Trinajstić information content (AvgIpc) is 3.59. The van der Waals surface area contributed by atoms with Crippen LogP contribution in [0.15, 0.2) is 64.3 Å². The number of hydrogen-bond acceptors (Lipinski definition) is 8. The van der Waals surface area contributed by atoms with Crippen molar-refractivity contribution >= 4 is 64.1 Å². The van der Waals surface area contributed by atoms with Gasteiger partial charge >= 0.3 is 24.3 Å². The third-order valence-electron chi connectivity index (χ3n) is 8.37. The molecule has 2 amide bonds. The Balaban J connectivity index is 0.000000476. The standard InChI is InChI=1S/C31H37ClN4O2S2.2C2HF3O2/c1-23(37)35-19-11-25(12-20-35)30(38)36(27-10-5-9-26(32)21-27)16-6-15-34-17-13-28(14-18-34)40-31-33-29(22-39-31)24-7-3-2-4-8-24;2*3-2(4,5)1(6)7/h2-5,7-10,21-22,25,28H,6,11-20H2,1H3;2*(H,6,7). The van der Waals surface area contributed by atoms with E-state index in [4.69, 9.17) is 36.4 Å². The van der Waals surface area contributed by atoms with Gasteiger partial charge in [0.05, 0.1) is 5.69 Å². The summed E-state index contributed by atoms with van der Waals surface area (Å²) in [6, 6.07) is 18.0. The molecule has 296 valence electrons. The van der Waals surface area contributed by atoms with Crippen LogP contribution in [0.5, 0.6) is 0 Å². The highest BCUT2D eigenvalue weighted by Gasteiger charge is 2.39. The molecule has 2 aliphatic rings. The van der Waals surface area contributed by atoms with E-state index < -0.39 is 24.3 Å². The van der Waals surface area contributed by atoms with E-state index in [1.807, 2.05) is 51.9 Å². The Labute approximate surface area is 321 Å². The van der Waals surface area contributed by atoms with Crippen molar-refractivity contribution in [1.29, 1.82) is 0 Å². The van der Waals surface area contributed by atoms with Crippen molar-refractivity contribution in [3.05, 3.63) is 65.0 Å². The van der Waals surface area contributed by atoms with Gasteiger partial charge < -0.3 is 24.9 Å². The van der Waals surface area contributed by atoms with Gasteiger partial charge in [-0.25, -0.2) is 14.6 Å². The first-order chi connectivity index (χ1) is 25.3. The lowest BCUT2D eigenvalue weighted by Gasteiger charge is -2.35. The number of piperidine rings is 2. The Hall–Kier alpha value is -3.87. The molecule has 0 atom stereocenters. The first-order valence-corrected chi connectivity index (χ1v) is 18.8.